The molecule has 1 aromatic carbocycles. The summed E-state index contributed by atoms with van der Waals surface area (Å²) in [5.74, 6) is -0.144. The standard InChI is InChI=1S/C16H14N2O3/c19-16(20)9-12-4-6-14(7-5-12)21-11-13-10-18-8-2-1-3-15(18)17-13/h1-8,10H,9,11H2,(H,19,20). The number of pyridine rings is 1. The molecule has 2 aromatic heterocycles. The van der Waals surface area contributed by atoms with Gasteiger partial charge in [0.25, 0.3) is 0 Å². The van der Waals surface area contributed by atoms with Gasteiger partial charge in [-0.3, -0.25) is 4.79 Å². The molecular formula is C16H14N2O3. The largest absolute Gasteiger partial charge is 0.487 e. The van der Waals surface area contributed by atoms with E-state index in [0.29, 0.717) is 12.4 Å². The van der Waals surface area contributed by atoms with E-state index >= 15 is 0 Å². The average Bonchev–Trinajstić information content (AvgIpc) is 2.89. The molecule has 5 heteroatoms. The first kappa shape index (κ1) is 13.2. The number of imidazole rings is 1. The third-order valence-electron chi connectivity index (χ3n) is 3.08. The summed E-state index contributed by atoms with van der Waals surface area (Å²) in [5.41, 5.74) is 2.48. The fraction of sp³-hybridized carbons (Fsp3) is 0.125. The van der Waals surface area contributed by atoms with Crippen molar-refractivity contribution in [1.29, 1.82) is 0 Å². The van der Waals surface area contributed by atoms with Gasteiger partial charge in [0.15, 0.2) is 0 Å². The van der Waals surface area contributed by atoms with Gasteiger partial charge in [0.2, 0.25) is 0 Å². The Labute approximate surface area is 121 Å². The van der Waals surface area contributed by atoms with Crippen molar-refractivity contribution in [2.75, 3.05) is 0 Å². The lowest BCUT2D eigenvalue weighted by atomic mass is 10.1. The number of carboxylic acids is 1. The fourth-order valence-corrected chi connectivity index (χ4v) is 2.09. The molecule has 0 atom stereocenters. The summed E-state index contributed by atoms with van der Waals surface area (Å²) < 4.78 is 7.60. The van der Waals surface area contributed by atoms with Crippen molar-refractivity contribution in [3.8, 4) is 5.75 Å². The van der Waals surface area contributed by atoms with Gasteiger partial charge in [-0.25, -0.2) is 4.98 Å². The van der Waals surface area contributed by atoms with Crippen LogP contribution in [0.25, 0.3) is 5.65 Å². The molecule has 0 fully saturated rings. The van der Waals surface area contributed by atoms with Gasteiger partial charge in [0.1, 0.15) is 18.0 Å². The molecule has 0 radical (unpaired) electrons. The highest BCUT2D eigenvalue weighted by Crippen LogP contribution is 2.15. The van der Waals surface area contributed by atoms with Crippen LogP contribution in [0.1, 0.15) is 11.3 Å². The number of carbonyl (C=O) groups is 1. The van der Waals surface area contributed by atoms with Crippen LogP contribution in [0.5, 0.6) is 5.75 Å². The van der Waals surface area contributed by atoms with Crippen LogP contribution in [0.4, 0.5) is 0 Å². The van der Waals surface area contributed by atoms with E-state index < -0.39 is 5.97 Å². The summed E-state index contributed by atoms with van der Waals surface area (Å²) in [6.45, 7) is 0.375. The first-order chi connectivity index (χ1) is 10.2. The molecule has 0 spiro atoms. The second-order valence-electron chi connectivity index (χ2n) is 4.70. The van der Waals surface area contributed by atoms with Crippen LogP contribution in [-0.2, 0) is 17.8 Å². The van der Waals surface area contributed by atoms with Crippen LogP contribution in [-0.4, -0.2) is 20.5 Å². The maximum absolute atomic E-state index is 10.6. The highest BCUT2D eigenvalue weighted by atomic mass is 16.5. The predicted octanol–water partition coefficient (Wildman–Crippen LogP) is 2.54. The molecule has 5 nitrogen and oxygen atoms in total. The predicted molar refractivity (Wildman–Crippen MR) is 77.3 cm³/mol. The van der Waals surface area contributed by atoms with Crippen molar-refractivity contribution in [3.63, 3.8) is 0 Å². The van der Waals surface area contributed by atoms with E-state index in [0.717, 1.165) is 16.9 Å². The number of fused-ring (bicyclic) bond motifs is 1. The van der Waals surface area contributed by atoms with Crippen LogP contribution in [0, 0.1) is 0 Å². The molecule has 0 aliphatic rings. The number of ether oxygens (including phenoxy) is 1. The van der Waals surface area contributed by atoms with E-state index in [1.54, 1.807) is 24.3 Å². The second kappa shape index (κ2) is 5.66. The van der Waals surface area contributed by atoms with Crippen molar-refractivity contribution in [2.24, 2.45) is 0 Å². The SMILES string of the molecule is O=C(O)Cc1ccc(OCc2cn3ccccc3n2)cc1. The van der Waals surface area contributed by atoms with Gasteiger partial charge < -0.3 is 14.2 Å². The van der Waals surface area contributed by atoms with Gasteiger partial charge in [-0.05, 0) is 29.8 Å². The zero-order valence-electron chi connectivity index (χ0n) is 11.3. The van der Waals surface area contributed by atoms with E-state index in [9.17, 15) is 4.79 Å². The summed E-state index contributed by atoms with van der Waals surface area (Å²) in [7, 11) is 0. The third kappa shape index (κ3) is 3.20. The van der Waals surface area contributed by atoms with E-state index in [1.165, 1.54) is 0 Å². The monoisotopic (exact) mass is 282 g/mol. The van der Waals surface area contributed by atoms with Crippen molar-refractivity contribution in [3.05, 3.63) is 66.1 Å². The number of hydrogen-bond donors (Lipinski definition) is 1. The minimum Gasteiger partial charge on any atom is -0.487 e. The smallest absolute Gasteiger partial charge is 0.307 e. The van der Waals surface area contributed by atoms with E-state index in [4.69, 9.17) is 9.84 Å². The number of benzene rings is 1. The fourth-order valence-electron chi connectivity index (χ4n) is 2.09. The minimum absolute atomic E-state index is 0.0206. The highest BCUT2D eigenvalue weighted by molar-refractivity contribution is 5.70. The molecule has 0 bridgehead atoms. The first-order valence-corrected chi connectivity index (χ1v) is 6.57. The van der Waals surface area contributed by atoms with E-state index in [-0.39, 0.29) is 6.42 Å². The van der Waals surface area contributed by atoms with Crippen LogP contribution in [0.3, 0.4) is 0 Å². The maximum Gasteiger partial charge on any atom is 0.307 e. The number of hydrogen-bond acceptors (Lipinski definition) is 3. The van der Waals surface area contributed by atoms with Gasteiger partial charge in [-0.2, -0.15) is 0 Å². The van der Waals surface area contributed by atoms with E-state index in [1.807, 2.05) is 35.0 Å². The second-order valence-corrected chi connectivity index (χ2v) is 4.70. The molecule has 0 saturated heterocycles. The Balaban J connectivity index is 1.65. The molecule has 106 valence electrons. The molecule has 1 N–H and O–H groups in total. The molecule has 0 aliphatic carbocycles. The first-order valence-electron chi connectivity index (χ1n) is 6.57. The Hall–Kier alpha value is -2.82. The lowest BCUT2D eigenvalue weighted by molar-refractivity contribution is -0.136. The normalized spacial score (nSPS) is 10.7. The van der Waals surface area contributed by atoms with Gasteiger partial charge in [-0.1, -0.05) is 18.2 Å². The van der Waals surface area contributed by atoms with Gasteiger partial charge >= 0.3 is 5.97 Å². The van der Waals surface area contributed by atoms with Crippen molar-refractivity contribution < 1.29 is 14.6 Å². The molecule has 0 unspecified atom stereocenters. The molecule has 3 rings (SSSR count). The van der Waals surface area contributed by atoms with Gasteiger partial charge in [0.05, 0.1) is 12.1 Å². The molecule has 3 aromatic rings. The topological polar surface area (TPSA) is 63.8 Å². The maximum atomic E-state index is 10.6. The summed E-state index contributed by atoms with van der Waals surface area (Å²) >= 11 is 0. The lowest BCUT2D eigenvalue weighted by Gasteiger charge is -2.04. The molecule has 0 saturated carbocycles. The minimum atomic E-state index is -0.839. The van der Waals surface area contributed by atoms with Crippen molar-refractivity contribution >= 4 is 11.6 Å². The number of nitrogens with zero attached hydrogens (tertiary/aromatic N) is 2. The Morgan fingerprint density at radius 2 is 2.00 bits per heavy atom. The van der Waals surface area contributed by atoms with E-state index in [2.05, 4.69) is 4.98 Å². The summed E-state index contributed by atoms with van der Waals surface area (Å²) in [4.78, 5) is 15.1. The summed E-state index contributed by atoms with van der Waals surface area (Å²) in [6.07, 6.45) is 3.88. The van der Waals surface area contributed by atoms with Crippen LogP contribution >= 0.6 is 0 Å². The molecule has 21 heavy (non-hydrogen) atoms. The van der Waals surface area contributed by atoms with Gasteiger partial charge in [-0.15, -0.1) is 0 Å². The number of aromatic nitrogens is 2. The molecular weight excluding hydrogens is 268 g/mol. The quantitative estimate of drug-likeness (QED) is 0.781. The zero-order chi connectivity index (χ0) is 14.7. The lowest BCUT2D eigenvalue weighted by Crippen LogP contribution is -2.00. The summed E-state index contributed by atoms with van der Waals surface area (Å²) in [6, 6.07) is 12.9. The Kier molecular flexibility index (Phi) is 3.55. The Morgan fingerprint density at radius 3 is 2.71 bits per heavy atom. The third-order valence-corrected chi connectivity index (χ3v) is 3.08. The number of rotatable bonds is 5. The van der Waals surface area contributed by atoms with Crippen LogP contribution < -0.4 is 4.74 Å². The highest BCUT2D eigenvalue weighted by Gasteiger charge is 2.03. The van der Waals surface area contributed by atoms with Crippen molar-refractivity contribution in [2.45, 2.75) is 13.0 Å². The molecule has 0 amide bonds. The van der Waals surface area contributed by atoms with Crippen molar-refractivity contribution in [1.82, 2.24) is 9.38 Å². The van der Waals surface area contributed by atoms with Crippen LogP contribution in [0.2, 0.25) is 0 Å². The molecule has 0 aliphatic heterocycles. The number of aliphatic carboxylic acids is 1. The van der Waals surface area contributed by atoms with Crippen LogP contribution in [0.15, 0.2) is 54.9 Å². The summed E-state index contributed by atoms with van der Waals surface area (Å²) in [5, 5.41) is 8.72. The average molecular weight is 282 g/mol. The Bertz CT molecular complexity index is 730. The molecule has 2 heterocycles. The Morgan fingerprint density at radius 1 is 1.19 bits per heavy atom. The zero-order valence-corrected chi connectivity index (χ0v) is 11.3. The van der Waals surface area contributed by atoms with Gasteiger partial charge in [0, 0.05) is 12.4 Å². The number of carboxylic acid groups (broad SMARTS) is 1.